The fraction of sp³-hybridized carbons (Fsp3) is 0.667. The molecule has 1 saturated heterocycles. The van der Waals surface area contributed by atoms with Gasteiger partial charge in [0.25, 0.3) is 0 Å². The van der Waals surface area contributed by atoms with Gasteiger partial charge in [0.2, 0.25) is 5.95 Å². The Bertz CT molecular complexity index is 384. The van der Waals surface area contributed by atoms with E-state index in [1.165, 1.54) is 0 Å². The second-order valence-electron chi connectivity index (χ2n) is 4.85. The summed E-state index contributed by atoms with van der Waals surface area (Å²) in [7, 11) is 0. The van der Waals surface area contributed by atoms with E-state index in [9.17, 15) is 5.11 Å². The molecule has 2 atom stereocenters. The molecular formula is C12H19ClN4O. The normalized spacial score (nSPS) is 23.1. The minimum absolute atomic E-state index is 0.282. The van der Waals surface area contributed by atoms with Gasteiger partial charge in [-0.3, -0.25) is 4.90 Å². The lowest BCUT2D eigenvalue weighted by Crippen LogP contribution is -2.53. The Kier molecular flexibility index (Phi) is 4.37. The molecule has 1 aliphatic rings. The molecule has 1 N–H and O–H groups in total. The number of aliphatic hydroxyl groups is 1. The molecule has 0 spiro atoms. The number of rotatable bonds is 3. The predicted octanol–water partition coefficient (Wildman–Crippen LogP) is 1.02. The van der Waals surface area contributed by atoms with Gasteiger partial charge in [-0.25, -0.2) is 9.97 Å². The van der Waals surface area contributed by atoms with Crippen molar-refractivity contribution >= 4 is 17.5 Å². The zero-order valence-corrected chi connectivity index (χ0v) is 11.5. The topological polar surface area (TPSA) is 52.5 Å². The van der Waals surface area contributed by atoms with Gasteiger partial charge in [-0.1, -0.05) is 11.6 Å². The minimum atomic E-state index is -0.282. The number of aliphatic hydroxyl groups excluding tert-OH is 1. The lowest BCUT2D eigenvalue weighted by molar-refractivity contribution is 0.114. The van der Waals surface area contributed by atoms with Crippen molar-refractivity contribution in [3.63, 3.8) is 0 Å². The number of aromatic nitrogens is 2. The maximum absolute atomic E-state index is 9.41. The quantitative estimate of drug-likeness (QED) is 0.889. The van der Waals surface area contributed by atoms with Crippen molar-refractivity contribution in [3.8, 4) is 0 Å². The first kappa shape index (κ1) is 13.5. The van der Waals surface area contributed by atoms with E-state index in [0.29, 0.717) is 11.1 Å². The average Bonchev–Trinajstić information content (AvgIpc) is 2.30. The van der Waals surface area contributed by atoms with E-state index in [-0.39, 0.29) is 6.10 Å². The molecule has 6 heteroatoms. The summed E-state index contributed by atoms with van der Waals surface area (Å²) in [5.41, 5.74) is 0. The lowest BCUT2D eigenvalue weighted by Gasteiger charge is -2.40. The van der Waals surface area contributed by atoms with Crippen molar-refractivity contribution in [1.29, 1.82) is 0 Å². The van der Waals surface area contributed by atoms with Crippen molar-refractivity contribution < 1.29 is 5.11 Å². The summed E-state index contributed by atoms with van der Waals surface area (Å²) in [5, 5.41) is 9.96. The molecule has 100 valence electrons. The average molecular weight is 271 g/mol. The summed E-state index contributed by atoms with van der Waals surface area (Å²) in [6, 6.07) is 0.332. The van der Waals surface area contributed by atoms with Gasteiger partial charge < -0.3 is 10.0 Å². The Morgan fingerprint density at radius 1 is 1.44 bits per heavy atom. The zero-order valence-electron chi connectivity index (χ0n) is 10.8. The highest BCUT2D eigenvalue weighted by molar-refractivity contribution is 6.30. The van der Waals surface area contributed by atoms with Crippen LogP contribution in [0.1, 0.15) is 13.8 Å². The molecule has 0 saturated carbocycles. The second-order valence-corrected chi connectivity index (χ2v) is 5.29. The van der Waals surface area contributed by atoms with E-state index in [2.05, 4.69) is 26.7 Å². The maximum atomic E-state index is 9.41. The molecule has 2 rings (SSSR count). The van der Waals surface area contributed by atoms with Crippen LogP contribution in [0.25, 0.3) is 0 Å². The van der Waals surface area contributed by atoms with Gasteiger partial charge in [0.1, 0.15) is 0 Å². The van der Waals surface area contributed by atoms with Gasteiger partial charge in [-0.2, -0.15) is 0 Å². The maximum Gasteiger partial charge on any atom is 0.225 e. The number of hydrogen-bond donors (Lipinski definition) is 1. The largest absolute Gasteiger partial charge is 0.392 e. The molecule has 0 aliphatic carbocycles. The van der Waals surface area contributed by atoms with Crippen molar-refractivity contribution in [3.05, 3.63) is 17.4 Å². The van der Waals surface area contributed by atoms with E-state index < -0.39 is 0 Å². The SMILES string of the molecule is CC(O)CN1CCN(c2ncc(Cl)cn2)C(C)C1. The highest BCUT2D eigenvalue weighted by Crippen LogP contribution is 2.17. The summed E-state index contributed by atoms with van der Waals surface area (Å²) in [6.45, 7) is 7.39. The standard InChI is InChI=1S/C12H19ClN4O/c1-9-7-16(8-10(2)18)3-4-17(9)12-14-5-11(13)6-15-12/h5-6,9-10,18H,3-4,7-8H2,1-2H3. The molecule has 0 bridgehead atoms. The first-order valence-electron chi connectivity index (χ1n) is 6.21. The Balaban J connectivity index is 1.99. The summed E-state index contributed by atoms with van der Waals surface area (Å²) >= 11 is 5.79. The van der Waals surface area contributed by atoms with Crippen molar-refractivity contribution in [2.75, 3.05) is 31.1 Å². The molecule has 2 unspecified atom stereocenters. The minimum Gasteiger partial charge on any atom is -0.392 e. The fourth-order valence-electron chi connectivity index (χ4n) is 2.32. The van der Waals surface area contributed by atoms with E-state index in [1.807, 2.05) is 6.92 Å². The molecule has 0 radical (unpaired) electrons. The zero-order chi connectivity index (χ0) is 13.1. The van der Waals surface area contributed by atoms with E-state index >= 15 is 0 Å². The van der Waals surface area contributed by atoms with Gasteiger partial charge in [0, 0.05) is 32.2 Å². The van der Waals surface area contributed by atoms with Crippen molar-refractivity contribution in [1.82, 2.24) is 14.9 Å². The summed E-state index contributed by atoms with van der Waals surface area (Å²) in [4.78, 5) is 12.9. The number of anilines is 1. The first-order valence-corrected chi connectivity index (χ1v) is 6.58. The fourth-order valence-corrected chi connectivity index (χ4v) is 2.42. The molecule has 2 heterocycles. The van der Waals surface area contributed by atoms with Crippen LogP contribution in [-0.4, -0.2) is 58.3 Å². The van der Waals surface area contributed by atoms with Crippen LogP contribution < -0.4 is 4.90 Å². The van der Waals surface area contributed by atoms with Crippen LogP contribution in [-0.2, 0) is 0 Å². The number of hydrogen-bond acceptors (Lipinski definition) is 5. The predicted molar refractivity (Wildman–Crippen MR) is 72.0 cm³/mol. The number of halogens is 1. The number of piperazine rings is 1. The van der Waals surface area contributed by atoms with Crippen LogP contribution in [0.15, 0.2) is 12.4 Å². The molecule has 0 amide bonds. The highest BCUT2D eigenvalue weighted by atomic mass is 35.5. The third-order valence-electron chi connectivity index (χ3n) is 3.10. The van der Waals surface area contributed by atoms with Gasteiger partial charge in [-0.15, -0.1) is 0 Å². The van der Waals surface area contributed by atoms with Gasteiger partial charge >= 0.3 is 0 Å². The molecule has 18 heavy (non-hydrogen) atoms. The molecule has 1 aromatic heterocycles. The molecule has 1 fully saturated rings. The molecule has 1 aromatic rings. The van der Waals surface area contributed by atoms with E-state index in [4.69, 9.17) is 11.6 Å². The molecule has 1 aliphatic heterocycles. The van der Waals surface area contributed by atoms with Crippen LogP contribution >= 0.6 is 11.6 Å². The van der Waals surface area contributed by atoms with Gasteiger partial charge in [0.05, 0.1) is 23.5 Å². The Morgan fingerprint density at radius 2 is 2.11 bits per heavy atom. The van der Waals surface area contributed by atoms with Crippen LogP contribution in [0.5, 0.6) is 0 Å². The molecule has 5 nitrogen and oxygen atoms in total. The van der Waals surface area contributed by atoms with Crippen molar-refractivity contribution in [2.24, 2.45) is 0 Å². The third kappa shape index (κ3) is 3.31. The van der Waals surface area contributed by atoms with E-state index in [0.717, 1.165) is 32.1 Å². The highest BCUT2D eigenvalue weighted by Gasteiger charge is 2.25. The third-order valence-corrected chi connectivity index (χ3v) is 3.29. The number of β-amino-alcohol motifs (C(OH)–C–C–N with tert-alkyl or cyclic N) is 1. The van der Waals surface area contributed by atoms with Crippen LogP contribution in [0, 0.1) is 0 Å². The van der Waals surface area contributed by atoms with Gasteiger partial charge in [-0.05, 0) is 13.8 Å². The molecule has 0 aromatic carbocycles. The lowest BCUT2D eigenvalue weighted by atomic mass is 10.2. The van der Waals surface area contributed by atoms with Crippen molar-refractivity contribution in [2.45, 2.75) is 26.0 Å². The van der Waals surface area contributed by atoms with Crippen LogP contribution in [0.3, 0.4) is 0 Å². The molecular weight excluding hydrogens is 252 g/mol. The van der Waals surface area contributed by atoms with E-state index in [1.54, 1.807) is 12.4 Å². The second kappa shape index (κ2) is 5.82. The Morgan fingerprint density at radius 3 is 2.67 bits per heavy atom. The Labute approximate surface area is 112 Å². The first-order chi connectivity index (χ1) is 8.56. The monoisotopic (exact) mass is 270 g/mol. The van der Waals surface area contributed by atoms with Crippen LogP contribution in [0.4, 0.5) is 5.95 Å². The van der Waals surface area contributed by atoms with Crippen LogP contribution in [0.2, 0.25) is 5.02 Å². The summed E-state index contributed by atoms with van der Waals surface area (Å²) < 4.78 is 0. The summed E-state index contributed by atoms with van der Waals surface area (Å²) in [5.74, 6) is 0.726. The van der Waals surface area contributed by atoms with Gasteiger partial charge in [0.15, 0.2) is 0 Å². The summed E-state index contributed by atoms with van der Waals surface area (Å²) in [6.07, 6.45) is 2.97. The number of nitrogens with zero attached hydrogens (tertiary/aromatic N) is 4. The smallest absolute Gasteiger partial charge is 0.225 e. The Hall–Kier alpha value is -0.910.